The van der Waals surface area contributed by atoms with Gasteiger partial charge in [-0.1, -0.05) is 33.6 Å². The summed E-state index contributed by atoms with van der Waals surface area (Å²) in [5.41, 5.74) is 1.03. The summed E-state index contributed by atoms with van der Waals surface area (Å²) in [6.07, 6.45) is 3.60. The molecule has 0 bridgehead atoms. The second-order valence-corrected chi connectivity index (χ2v) is 2.62. The van der Waals surface area contributed by atoms with Crippen LogP contribution in [0.5, 0.6) is 0 Å². The number of hydrogen-bond acceptors (Lipinski definition) is 1. The van der Waals surface area contributed by atoms with Gasteiger partial charge in [-0.25, -0.2) is 4.98 Å². The maximum atomic E-state index is 5.56. The Morgan fingerprint density at radius 3 is 2.80 bits per heavy atom. The number of aromatic nitrogens is 1. The molecule has 0 spiro atoms. The van der Waals surface area contributed by atoms with Gasteiger partial charge in [-0.15, -0.1) is 0 Å². The third-order valence-corrected chi connectivity index (χ3v) is 1.49. The summed E-state index contributed by atoms with van der Waals surface area (Å²) in [6, 6.07) is 3.65. The van der Waals surface area contributed by atoms with E-state index in [-0.39, 0.29) is 0 Å². The lowest BCUT2D eigenvalue weighted by Crippen LogP contribution is -1.74. The van der Waals surface area contributed by atoms with Crippen LogP contribution in [0.15, 0.2) is 23.3 Å². The molecule has 0 fully saturated rings. The summed E-state index contributed by atoms with van der Waals surface area (Å²) in [7, 11) is 0. The van der Waals surface area contributed by atoms with Crippen molar-refractivity contribution in [3.8, 4) is 0 Å². The highest BCUT2D eigenvalue weighted by Gasteiger charge is 1.86. The average Bonchev–Trinajstić information content (AvgIpc) is 1.95. The summed E-state index contributed by atoms with van der Waals surface area (Å²) < 4.78 is 0. The van der Waals surface area contributed by atoms with Crippen molar-refractivity contribution in [2.24, 2.45) is 0 Å². The van der Waals surface area contributed by atoms with Gasteiger partial charge in [0, 0.05) is 6.20 Å². The standard InChI is InChI=1S/C7H5BrClN/c8-4-3-6-1-2-7(9)10-5-6/h1-5H/b4-3+. The van der Waals surface area contributed by atoms with Gasteiger partial charge in [-0.2, -0.15) is 0 Å². The maximum Gasteiger partial charge on any atom is 0.129 e. The van der Waals surface area contributed by atoms with Gasteiger partial charge in [0.15, 0.2) is 0 Å². The molecule has 0 aliphatic heterocycles. The molecule has 0 aliphatic rings. The molecule has 1 aromatic heterocycles. The first kappa shape index (κ1) is 7.76. The second-order valence-electron chi connectivity index (χ2n) is 1.71. The largest absolute Gasteiger partial charge is 0.244 e. The van der Waals surface area contributed by atoms with Crippen molar-refractivity contribution in [3.63, 3.8) is 0 Å². The normalized spacial score (nSPS) is 10.6. The highest BCUT2D eigenvalue weighted by atomic mass is 79.9. The van der Waals surface area contributed by atoms with E-state index in [2.05, 4.69) is 20.9 Å². The van der Waals surface area contributed by atoms with Crippen LogP contribution in [0, 0.1) is 0 Å². The Hall–Kier alpha value is -0.340. The molecule has 0 aromatic carbocycles. The Balaban J connectivity index is 2.89. The zero-order valence-corrected chi connectivity index (χ0v) is 7.43. The molecule has 0 saturated carbocycles. The molecule has 0 unspecified atom stereocenters. The van der Waals surface area contributed by atoms with Gasteiger partial charge in [-0.05, 0) is 22.7 Å². The lowest BCUT2D eigenvalue weighted by atomic mass is 10.3. The predicted molar refractivity (Wildman–Crippen MR) is 47.2 cm³/mol. The van der Waals surface area contributed by atoms with E-state index in [9.17, 15) is 0 Å². The predicted octanol–water partition coefficient (Wildman–Crippen LogP) is 3.10. The van der Waals surface area contributed by atoms with E-state index >= 15 is 0 Å². The molecule has 1 heterocycles. The zero-order chi connectivity index (χ0) is 7.40. The van der Waals surface area contributed by atoms with Crippen LogP contribution < -0.4 is 0 Å². The molecule has 1 nitrogen and oxygen atoms in total. The molecule has 0 atom stereocenters. The minimum Gasteiger partial charge on any atom is -0.244 e. The summed E-state index contributed by atoms with van der Waals surface area (Å²) in [4.78, 5) is 5.67. The van der Waals surface area contributed by atoms with Crippen LogP contribution in [0.3, 0.4) is 0 Å². The van der Waals surface area contributed by atoms with Crippen molar-refractivity contribution < 1.29 is 0 Å². The van der Waals surface area contributed by atoms with Crippen molar-refractivity contribution in [2.75, 3.05) is 0 Å². The van der Waals surface area contributed by atoms with E-state index in [0.717, 1.165) is 5.56 Å². The molecular weight excluding hydrogens is 213 g/mol. The summed E-state index contributed by atoms with van der Waals surface area (Å²) in [5, 5.41) is 0.520. The first-order valence-corrected chi connectivity index (χ1v) is 4.00. The van der Waals surface area contributed by atoms with Crippen LogP contribution in [0.2, 0.25) is 5.15 Å². The summed E-state index contributed by atoms with van der Waals surface area (Å²) in [6.45, 7) is 0. The summed E-state index contributed by atoms with van der Waals surface area (Å²) in [5.74, 6) is 0. The van der Waals surface area contributed by atoms with Crippen molar-refractivity contribution in [1.29, 1.82) is 0 Å². The van der Waals surface area contributed by atoms with Gasteiger partial charge < -0.3 is 0 Å². The SMILES string of the molecule is Clc1ccc(/C=C/Br)cn1. The molecular formula is C7H5BrClN. The minimum absolute atomic E-state index is 0.520. The van der Waals surface area contributed by atoms with E-state index in [1.807, 2.05) is 12.1 Å². The van der Waals surface area contributed by atoms with Gasteiger partial charge in [0.05, 0.1) is 0 Å². The van der Waals surface area contributed by atoms with Gasteiger partial charge in [-0.3, -0.25) is 0 Å². The Morgan fingerprint density at radius 2 is 2.30 bits per heavy atom. The molecule has 10 heavy (non-hydrogen) atoms. The van der Waals surface area contributed by atoms with Gasteiger partial charge in [0.25, 0.3) is 0 Å². The topological polar surface area (TPSA) is 12.9 Å². The van der Waals surface area contributed by atoms with Gasteiger partial charge in [0.1, 0.15) is 5.15 Å². The van der Waals surface area contributed by atoms with E-state index in [1.54, 1.807) is 17.2 Å². The lowest BCUT2D eigenvalue weighted by Gasteiger charge is -1.89. The number of halogens is 2. The lowest BCUT2D eigenvalue weighted by molar-refractivity contribution is 1.32. The van der Waals surface area contributed by atoms with Crippen molar-refractivity contribution in [2.45, 2.75) is 0 Å². The molecule has 1 rings (SSSR count). The van der Waals surface area contributed by atoms with Gasteiger partial charge in [0.2, 0.25) is 0 Å². The fraction of sp³-hybridized carbons (Fsp3) is 0. The third-order valence-electron chi connectivity index (χ3n) is 1.01. The smallest absolute Gasteiger partial charge is 0.129 e. The van der Waals surface area contributed by atoms with Gasteiger partial charge >= 0.3 is 0 Å². The number of rotatable bonds is 1. The third kappa shape index (κ3) is 2.12. The monoisotopic (exact) mass is 217 g/mol. The fourth-order valence-corrected chi connectivity index (χ4v) is 0.976. The molecule has 3 heteroatoms. The Kier molecular flexibility index (Phi) is 2.90. The Morgan fingerprint density at radius 1 is 1.50 bits per heavy atom. The number of nitrogens with zero attached hydrogens (tertiary/aromatic N) is 1. The first-order chi connectivity index (χ1) is 4.83. The highest BCUT2D eigenvalue weighted by molar-refractivity contribution is 9.11. The van der Waals surface area contributed by atoms with E-state index in [4.69, 9.17) is 11.6 Å². The van der Waals surface area contributed by atoms with E-state index in [0.29, 0.717) is 5.15 Å². The average molecular weight is 218 g/mol. The molecule has 0 N–H and O–H groups in total. The van der Waals surface area contributed by atoms with Crippen LogP contribution in [0.4, 0.5) is 0 Å². The first-order valence-electron chi connectivity index (χ1n) is 2.71. The Labute approximate surface area is 72.9 Å². The molecule has 0 saturated heterocycles. The van der Waals surface area contributed by atoms with Crippen LogP contribution in [-0.2, 0) is 0 Å². The van der Waals surface area contributed by atoms with Crippen LogP contribution in [0.1, 0.15) is 5.56 Å². The quantitative estimate of drug-likeness (QED) is 0.660. The molecule has 0 aliphatic carbocycles. The van der Waals surface area contributed by atoms with Crippen LogP contribution in [0.25, 0.3) is 6.08 Å². The molecule has 0 radical (unpaired) electrons. The van der Waals surface area contributed by atoms with E-state index < -0.39 is 0 Å². The number of pyridine rings is 1. The minimum atomic E-state index is 0.520. The van der Waals surface area contributed by atoms with Crippen LogP contribution >= 0.6 is 27.5 Å². The van der Waals surface area contributed by atoms with Crippen molar-refractivity contribution >= 4 is 33.6 Å². The van der Waals surface area contributed by atoms with Crippen LogP contribution in [-0.4, -0.2) is 4.98 Å². The fourth-order valence-electron chi connectivity index (χ4n) is 0.559. The molecule has 52 valence electrons. The molecule has 0 amide bonds. The highest BCUT2D eigenvalue weighted by Crippen LogP contribution is 2.06. The van der Waals surface area contributed by atoms with Crippen molar-refractivity contribution in [3.05, 3.63) is 34.0 Å². The molecule has 1 aromatic rings. The summed E-state index contributed by atoms with van der Waals surface area (Å²) >= 11 is 8.73. The second kappa shape index (κ2) is 3.74. The zero-order valence-electron chi connectivity index (χ0n) is 5.09. The van der Waals surface area contributed by atoms with Crippen molar-refractivity contribution in [1.82, 2.24) is 4.98 Å². The maximum absolute atomic E-state index is 5.56. The Bertz CT molecular complexity index is 230. The number of hydrogen-bond donors (Lipinski definition) is 0. The van der Waals surface area contributed by atoms with E-state index in [1.165, 1.54) is 0 Å².